The quantitative estimate of drug-likeness (QED) is 0.743. The van der Waals surface area contributed by atoms with Gasteiger partial charge in [-0.05, 0) is 38.8 Å². The van der Waals surface area contributed by atoms with Gasteiger partial charge in [-0.15, -0.1) is 0 Å². The van der Waals surface area contributed by atoms with Gasteiger partial charge in [-0.1, -0.05) is 0 Å². The standard InChI is InChI=1S/C9H18NO4P/c1-2-13-15(11,12)14-9-7-10-5-3-8(9)4-6-10/h8-9H,2-7H2,1H3,(H,11,12). The molecule has 5 nitrogen and oxygen atoms in total. The molecular weight excluding hydrogens is 217 g/mol. The largest absolute Gasteiger partial charge is 0.472 e. The summed E-state index contributed by atoms with van der Waals surface area (Å²) in [5.41, 5.74) is 0. The number of piperidine rings is 3. The first kappa shape index (κ1) is 11.6. The lowest BCUT2D eigenvalue weighted by molar-refractivity contribution is -0.0259. The van der Waals surface area contributed by atoms with Gasteiger partial charge < -0.3 is 9.79 Å². The summed E-state index contributed by atoms with van der Waals surface area (Å²) in [5, 5.41) is 0. The van der Waals surface area contributed by atoms with Crippen molar-refractivity contribution < 1.29 is 18.5 Å². The predicted octanol–water partition coefficient (Wildman–Crippen LogP) is 1.23. The van der Waals surface area contributed by atoms with Gasteiger partial charge in [0.25, 0.3) is 0 Å². The third kappa shape index (κ3) is 2.80. The minimum Gasteiger partial charge on any atom is -0.302 e. The van der Waals surface area contributed by atoms with Crippen LogP contribution in [0.4, 0.5) is 0 Å². The van der Waals surface area contributed by atoms with E-state index in [9.17, 15) is 9.46 Å². The molecule has 3 saturated heterocycles. The van der Waals surface area contributed by atoms with Crippen molar-refractivity contribution in [3.05, 3.63) is 0 Å². The van der Waals surface area contributed by atoms with Crippen LogP contribution in [-0.2, 0) is 13.6 Å². The number of hydrogen-bond donors (Lipinski definition) is 1. The number of phosphoric ester groups is 1. The van der Waals surface area contributed by atoms with Gasteiger partial charge in [0.1, 0.15) is 0 Å². The zero-order valence-electron chi connectivity index (χ0n) is 8.96. The van der Waals surface area contributed by atoms with Crippen molar-refractivity contribution in [2.45, 2.75) is 25.9 Å². The fourth-order valence-corrected chi connectivity index (χ4v) is 3.36. The van der Waals surface area contributed by atoms with Crippen molar-refractivity contribution in [3.63, 3.8) is 0 Å². The van der Waals surface area contributed by atoms with Crippen molar-refractivity contribution in [1.82, 2.24) is 4.90 Å². The monoisotopic (exact) mass is 235 g/mol. The second kappa shape index (κ2) is 4.52. The molecule has 15 heavy (non-hydrogen) atoms. The first-order chi connectivity index (χ1) is 7.11. The Kier molecular flexibility index (Phi) is 3.48. The Morgan fingerprint density at radius 2 is 2.13 bits per heavy atom. The molecule has 3 aliphatic heterocycles. The van der Waals surface area contributed by atoms with Gasteiger partial charge in [0.05, 0.1) is 12.7 Å². The molecule has 0 saturated carbocycles. The Balaban J connectivity index is 1.92. The topological polar surface area (TPSA) is 59.0 Å². The SMILES string of the molecule is CCOP(=O)(O)OC1CN2CCC1CC2. The molecule has 2 atom stereocenters. The minimum atomic E-state index is -3.82. The molecule has 3 fully saturated rings. The number of hydrogen-bond acceptors (Lipinski definition) is 4. The molecule has 6 heteroatoms. The van der Waals surface area contributed by atoms with Crippen LogP contribution >= 0.6 is 7.82 Å². The van der Waals surface area contributed by atoms with Crippen molar-refractivity contribution in [2.24, 2.45) is 5.92 Å². The Labute approximate surface area is 90.0 Å². The molecule has 3 heterocycles. The average molecular weight is 235 g/mol. The predicted molar refractivity (Wildman–Crippen MR) is 55.5 cm³/mol. The van der Waals surface area contributed by atoms with E-state index in [4.69, 9.17) is 9.05 Å². The summed E-state index contributed by atoms with van der Waals surface area (Å²) in [6, 6.07) is 0. The molecule has 3 rings (SSSR count). The zero-order valence-corrected chi connectivity index (χ0v) is 9.86. The third-order valence-electron chi connectivity index (χ3n) is 3.16. The Morgan fingerprint density at radius 3 is 2.60 bits per heavy atom. The lowest BCUT2D eigenvalue weighted by Crippen LogP contribution is -2.51. The molecule has 2 unspecified atom stereocenters. The molecule has 0 aromatic rings. The maximum absolute atomic E-state index is 11.5. The molecule has 3 aliphatic rings. The number of fused-ring (bicyclic) bond motifs is 3. The molecule has 1 N–H and O–H groups in total. The van der Waals surface area contributed by atoms with Gasteiger partial charge in [0, 0.05) is 6.54 Å². The van der Waals surface area contributed by atoms with Crippen LogP contribution in [0.15, 0.2) is 0 Å². The summed E-state index contributed by atoms with van der Waals surface area (Å²) in [6.07, 6.45) is 2.00. The van der Waals surface area contributed by atoms with Crippen molar-refractivity contribution in [1.29, 1.82) is 0 Å². The van der Waals surface area contributed by atoms with Crippen LogP contribution in [-0.4, -0.2) is 42.1 Å². The van der Waals surface area contributed by atoms with E-state index in [1.165, 1.54) is 0 Å². The van der Waals surface area contributed by atoms with Crippen LogP contribution in [0.2, 0.25) is 0 Å². The summed E-state index contributed by atoms with van der Waals surface area (Å²) in [5.74, 6) is 0.427. The van der Waals surface area contributed by atoms with Crippen molar-refractivity contribution in [3.8, 4) is 0 Å². The van der Waals surface area contributed by atoms with Crippen LogP contribution in [0, 0.1) is 5.92 Å². The first-order valence-electron chi connectivity index (χ1n) is 5.49. The lowest BCUT2D eigenvalue weighted by Gasteiger charge is -2.44. The Bertz CT molecular complexity index is 265. The van der Waals surface area contributed by atoms with Gasteiger partial charge in [0.2, 0.25) is 0 Å². The molecule has 0 amide bonds. The number of rotatable bonds is 4. The number of phosphoric acid groups is 1. The van der Waals surface area contributed by atoms with E-state index in [2.05, 4.69) is 4.90 Å². The molecule has 0 aromatic carbocycles. The molecular formula is C9H18NO4P. The van der Waals surface area contributed by atoms with E-state index in [1.807, 2.05) is 0 Å². The lowest BCUT2D eigenvalue weighted by atomic mass is 9.86. The van der Waals surface area contributed by atoms with Crippen LogP contribution in [0.25, 0.3) is 0 Å². The van der Waals surface area contributed by atoms with E-state index in [1.54, 1.807) is 6.92 Å². The Hall–Kier alpha value is 0.0700. The van der Waals surface area contributed by atoms with Crippen LogP contribution in [0.3, 0.4) is 0 Å². The highest BCUT2D eigenvalue weighted by atomic mass is 31.2. The molecule has 2 bridgehead atoms. The summed E-state index contributed by atoms with van der Waals surface area (Å²) in [4.78, 5) is 11.7. The second-order valence-corrected chi connectivity index (χ2v) is 5.57. The third-order valence-corrected chi connectivity index (χ3v) is 4.28. The fourth-order valence-electron chi connectivity index (χ4n) is 2.39. The average Bonchev–Trinajstić information content (AvgIpc) is 2.18. The summed E-state index contributed by atoms with van der Waals surface area (Å²) in [6.45, 7) is 4.84. The second-order valence-electron chi connectivity index (χ2n) is 4.17. The zero-order chi connectivity index (χ0) is 10.9. The molecule has 88 valence electrons. The van der Waals surface area contributed by atoms with Crippen molar-refractivity contribution >= 4 is 7.82 Å². The molecule has 0 aliphatic carbocycles. The van der Waals surface area contributed by atoms with Gasteiger partial charge in [-0.2, -0.15) is 0 Å². The highest BCUT2D eigenvalue weighted by Crippen LogP contribution is 2.47. The summed E-state index contributed by atoms with van der Waals surface area (Å²) >= 11 is 0. The maximum atomic E-state index is 11.5. The van der Waals surface area contributed by atoms with Crippen LogP contribution < -0.4 is 0 Å². The Morgan fingerprint density at radius 1 is 1.47 bits per heavy atom. The van der Waals surface area contributed by atoms with E-state index >= 15 is 0 Å². The van der Waals surface area contributed by atoms with E-state index < -0.39 is 7.82 Å². The number of nitrogens with zero attached hydrogens (tertiary/aromatic N) is 1. The minimum absolute atomic E-state index is 0.130. The van der Waals surface area contributed by atoms with Gasteiger partial charge in [-0.25, -0.2) is 4.57 Å². The highest BCUT2D eigenvalue weighted by Gasteiger charge is 2.39. The summed E-state index contributed by atoms with van der Waals surface area (Å²) < 4.78 is 21.4. The van der Waals surface area contributed by atoms with Crippen LogP contribution in [0.5, 0.6) is 0 Å². The van der Waals surface area contributed by atoms with Crippen LogP contribution in [0.1, 0.15) is 19.8 Å². The normalized spacial score (nSPS) is 38.9. The molecule has 0 spiro atoms. The van der Waals surface area contributed by atoms with E-state index in [-0.39, 0.29) is 12.7 Å². The highest BCUT2D eigenvalue weighted by molar-refractivity contribution is 7.47. The van der Waals surface area contributed by atoms with E-state index in [0.717, 1.165) is 32.5 Å². The first-order valence-corrected chi connectivity index (χ1v) is 6.98. The van der Waals surface area contributed by atoms with Gasteiger partial charge in [-0.3, -0.25) is 9.05 Å². The van der Waals surface area contributed by atoms with E-state index in [0.29, 0.717) is 5.92 Å². The maximum Gasteiger partial charge on any atom is 0.472 e. The smallest absolute Gasteiger partial charge is 0.302 e. The van der Waals surface area contributed by atoms with Crippen molar-refractivity contribution in [2.75, 3.05) is 26.2 Å². The van der Waals surface area contributed by atoms with Gasteiger partial charge >= 0.3 is 7.82 Å². The fraction of sp³-hybridized carbons (Fsp3) is 1.00. The molecule has 0 aromatic heterocycles. The molecule has 0 radical (unpaired) electrons. The van der Waals surface area contributed by atoms with Gasteiger partial charge in [0.15, 0.2) is 0 Å². The summed E-state index contributed by atoms with van der Waals surface area (Å²) in [7, 11) is -3.82.